The van der Waals surface area contributed by atoms with Crippen molar-refractivity contribution in [2.75, 3.05) is 0 Å². The molecule has 1 aliphatic heterocycles. The molecule has 0 fully saturated rings. The van der Waals surface area contributed by atoms with Crippen molar-refractivity contribution in [1.82, 2.24) is 24.4 Å². The van der Waals surface area contributed by atoms with Crippen LogP contribution in [0.15, 0.2) is 70.2 Å². The number of carbonyl (C=O) groups is 1. The number of aromatic nitrogens is 4. The minimum Gasteiger partial charge on any atom is -0.315 e. The predicted octanol–water partition coefficient (Wildman–Crippen LogP) is 2.22. The van der Waals surface area contributed by atoms with Crippen molar-refractivity contribution >= 4 is 22.9 Å². The number of hydrogen-bond acceptors (Lipinski definition) is 5. The molecule has 2 aromatic rings. The van der Waals surface area contributed by atoms with Crippen molar-refractivity contribution in [3.05, 3.63) is 70.7 Å². The van der Waals surface area contributed by atoms with Gasteiger partial charge in [-0.3, -0.25) is 9.59 Å². The minimum absolute atomic E-state index is 0.150. The Balaban J connectivity index is 1.73. The number of imidazole rings is 1. The van der Waals surface area contributed by atoms with Crippen LogP contribution in [0.2, 0.25) is 0 Å². The SMILES string of the molecule is C\C(F)=C/C=C(\C=C\F)C1=CCC(NC(=O)Cn2cnc3ncn(C)c(=O)c32)=N1. The highest BCUT2D eigenvalue weighted by atomic mass is 19.1. The van der Waals surface area contributed by atoms with Gasteiger partial charge in [-0.05, 0) is 19.1 Å². The molecule has 0 atom stereocenters. The summed E-state index contributed by atoms with van der Waals surface area (Å²) in [5.41, 5.74) is 0.948. The molecule has 10 heteroatoms. The van der Waals surface area contributed by atoms with Crippen molar-refractivity contribution in [3.8, 4) is 0 Å². The lowest BCUT2D eigenvalue weighted by molar-refractivity contribution is -0.120. The molecule has 0 bridgehead atoms. The molecule has 0 radical (unpaired) electrons. The second-order valence-corrected chi connectivity index (χ2v) is 6.27. The molecular formula is C19H18F2N6O2. The maximum Gasteiger partial charge on any atom is 0.279 e. The molecule has 0 saturated carbocycles. The number of allylic oxidation sites excluding steroid dienone is 4. The fourth-order valence-corrected chi connectivity index (χ4v) is 2.71. The van der Waals surface area contributed by atoms with E-state index in [0.717, 1.165) is 6.08 Å². The summed E-state index contributed by atoms with van der Waals surface area (Å²) >= 11 is 0. The number of hydrogen-bond donors (Lipinski definition) is 1. The quantitative estimate of drug-likeness (QED) is 0.779. The second kappa shape index (κ2) is 8.55. The summed E-state index contributed by atoms with van der Waals surface area (Å²) in [5, 5.41) is 2.65. The van der Waals surface area contributed by atoms with E-state index in [9.17, 15) is 18.4 Å². The minimum atomic E-state index is -0.431. The number of aliphatic imine (C=N–C) groups is 1. The Bertz CT molecular complexity index is 1160. The molecule has 29 heavy (non-hydrogen) atoms. The zero-order valence-electron chi connectivity index (χ0n) is 15.8. The van der Waals surface area contributed by atoms with E-state index in [-0.39, 0.29) is 23.3 Å². The van der Waals surface area contributed by atoms with Crippen LogP contribution in [0.5, 0.6) is 0 Å². The Hall–Kier alpha value is -3.69. The number of carbonyl (C=O) groups excluding carboxylic acids is 1. The first-order chi connectivity index (χ1) is 13.9. The molecule has 3 rings (SSSR count). The van der Waals surface area contributed by atoms with Gasteiger partial charge in [0.2, 0.25) is 5.91 Å². The van der Waals surface area contributed by atoms with Gasteiger partial charge in [0.1, 0.15) is 12.4 Å². The molecule has 0 saturated heterocycles. The number of fused-ring (bicyclic) bond motifs is 1. The highest BCUT2D eigenvalue weighted by Gasteiger charge is 2.16. The first kappa shape index (κ1) is 20.1. The fourth-order valence-electron chi connectivity index (χ4n) is 2.71. The van der Waals surface area contributed by atoms with Gasteiger partial charge < -0.3 is 14.5 Å². The Morgan fingerprint density at radius 2 is 2.07 bits per heavy atom. The lowest BCUT2D eigenvalue weighted by Gasteiger charge is -2.06. The zero-order chi connectivity index (χ0) is 21.0. The summed E-state index contributed by atoms with van der Waals surface area (Å²) in [5.74, 6) is -0.478. The van der Waals surface area contributed by atoms with Crippen LogP contribution >= 0.6 is 0 Å². The van der Waals surface area contributed by atoms with Gasteiger partial charge in [0.05, 0.1) is 30.5 Å². The molecule has 1 amide bonds. The van der Waals surface area contributed by atoms with E-state index in [4.69, 9.17) is 0 Å². The Morgan fingerprint density at radius 1 is 1.31 bits per heavy atom. The number of halogens is 2. The number of nitrogens with one attached hydrogen (secondary N) is 1. The lowest BCUT2D eigenvalue weighted by atomic mass is 10.1. The van der Waals surface area contributed by atoms with Gasteiger partial charge in [0.25, 0.3) is 5.56 Å². The van der Waals surface area contributed by atoms with E-state index in [1.165, 1.54) is 40.9 Å². The van der Waals surface area contributed by atoms with E-state index in [2.05, 4.69) is 20.3 Å². The van der Waals surface area contributed by atoms with Crippen molar-refractivity contribution in [2.45, 2.75) is 19.9 Å². The molecule has 0 unspecified atom stereocenters. The summed E-state index contributed by atoms with van der Waals surface area (Å²) in [7, 11) is 1.56. The van der Waals surface area contributed by atoms with E-state index in [1.807, 2.05) is 0 Å². The van der Waals surface area contributed by atoms with Gasteiger partial charge >= 0.3 is 0 Å². The standard InChI is InChI=1S/C19H18F2N6O2/c1-12(21)3-4-13(7-8-20)14-5-6-15(24-14)25-16(28)9-27-11-23-18-17(27)19(29)26(2)10-22-18/h3-5,7-8,10-11H,6,9H2,1-2H3,(H,24,25,28)/b8-7+,12-3+,13-4+. The predicted molar refractivity (Wildman–Crippen MR) is 104 cm³/mol. The van der Waals surface area contributed by atoms with Crippen molar-refractivity contribution in [1.29, 1.82) is 0 Å². The number of nitrogens with zero attached hydrogens (tertiary/aromatic N) is 5. The molecule has 150 valence electrons. The third-order valence-corrected chi connectivity index (χ3v) is 4.07. The molecule has 0 aromatic carbocycles. The van der Waals surface area contributed by atoms with E-state index >= 15 is 0 Å². The van der Waals surface area contributed by atoms with Crippen LogP contribution in [0.25, 0.3) is 11.2 Å². The topological polar surface area (TPSA) is 94.2 Å². The average molecular weight is 400 g/mol. The van der Waals surface area contributed by atoms with E-state index < -0.39 is 11.7 Å². The molecule has 3 heterocycles. The molecule has 1 N–H and O–H groups in total. The van der Waals surface area contributed by atoms with Crippen LogP contribution in [-0.4, -0.2) is 30.8 Å². The molecule has 2 aromatic heterocycles. The summed E-state index contributed by atoms with van der Waals surface area (Å²) < 4.78 is 28.3. The maximum absolute atomic E-state index is 12.9. The van der Waals surface area contributed by atoms with Gasteiger partial charge in [-0.25, -0.2) is 23.7 Å². The molecule has 1 aliphatic rings. The Kier molecular flexibility index (Phi) is 5.91. The first-order valence-electron chi connectivity index (χ1n) is 8.64. The molecule has 0 aliphatic carbocycles. The average Bonchev–Trinajstić information content (AvgIpc) is 3.29. The van der Waals surface area contributed by atoms with Crippen molar-refractivity contribution in [2.24, 2.45) is 12.0 Å². The van der Waals surface area contributed by atoms with E-state index in [0.29, 0.717) is 29.9 Å². The second-order valence-electron chi connectivity index (χ2n) is 6.27. The third kappa shape index (κ3) is 4.60. The van der Waals surface area contributed by atoms with Crippen LogP contribution in [-0.2, 0) is 18.4 Å². The van der Waals surface area contributed by atoms with Gasteiger partial charge in [0, 0.05) is 19.0 Å². The molecule has 8 nitrogen and oxygen atoms in total. The highest BCUT2D eigenvalue weighted by Crippen LogP contribution is 2.20. The Labute approximate surface area is 164 Å². The van der Waals surface area contributed by atoms with Crippen LogP contribution < -0.4 is 10.9 Å². The van der Waals surface area contributed by atoms with Gasteiger partial charge in [-0.2, -0.15) is 0 Å². The lowest BCUT2D eigenvalue weighted by Crippen LogP contribution is -2.33. The van der Waals surface area contributed by atoms with Gasteiger partial charge in [0.15, 0.2) is 11.2 Å². The normalized spacial score (nSPS) is 15.2. The smallest absolute Gasteiger partial charge is 0.279 e. The number of rotatable bonds is 5. The number of amidine groups is 1. The largest absolute Gasteiger partial charge is 0.315 e. The zero-order valence-corrected chi connectivity index (χ0v) is 15.8. The van der Waals surface area contributed by atoms with E-state index in [1.54, 1.807) is 13.1 Å². The van der Waals surface area contributed by atoms with Crippen molar-refractivity contribution < 1.29 is 13.6 Å². The Morgan fingerprint density at radius 3 is 2.79 bits per heavy atom. The first-order valence-corrected chi connectivity index (χ1v) is 8.64. The molecule has 0 spiro atoms. The summed E-state index contributed by atoms with van der Waals surface area (Å²) in [6.45, 7) is 1.12. The summed E-state index contributed by atoms with van der Waals surface area (Å²) in [6.07, 6.45) is 8.82. The van der Waals surface area contributed by atoms with Crippen LogP contribution in [0, 0.1) is 0 Å². The van der Waals surface area contributed by atoms with Gasteiger partial charge in [-0.1, -0.05) is 12.2 Å². The van der Waals surface area contributed by atoms with Crippen LogP contribution in [0.1, 0.15) is 13.3 Å². The molecular weight excluding hydrogens is 382 g/mol. The maximum atomic E-state index is 12.9. The number of aryl methyl sites for hydroxylation is 1. The number of amides is 1. The summed E-state index contributed by atoms with van der Waals surface area (Å²) in [6, 6.07) is 0. The van der Waals surface area contributed by atoms with Crippen LogP contribution in [0.4, 0.5) is 8.78 Å². The highest BCUT2D eigenvalue weighted by molar-refractivity contribution is 6.00. The fraction of sp³-hybridized carbons (Fsp3) is 0.211. The monoisotopic (exact) mass is 400 g/mol. The van der Waals surface area contributed by atoms with Crippen molar-refractivity contribution in [3.63, 3.8) is 0 Å². The van der Waals surface area contributed by atoms with Gasteiger partial charge in [-0.15, -0.1) is 0 Å². The van der Waals surface area contributed by atoms with Crippen LogP contribution in [0.3, 0.4) is 0 Å². The summed E-state index contributed by atoms with van der Waals surface area (Å²) in [4.78, 5) is 37.0. The third-order valence-electron chi connectivity index (χ3n) is 4.07.